The first kappa shape index (κ1) is 11.4. The number of aromatic nitrogens is 2. The molecule has 4 nitrogen and oxygen atoms in total. The van der Waals surface area contributed by atoms with Crippen LogP contribution in [-0.4, -0.2) is 16.2 Å². The van der Waals surface area contributed by atoms with E-state index in [1.165, 1.54) is 18.4 Å². The standard InChI is InChI=1S/C14H17N3O/c1-10-6-14(17-18-10)9-16-13-7-12(8-13)11-2-4-15-5-3-11/h2-6,12-13,16H,7-9H2,1H3. The van der Waals surface area contributed by atoms with Gasteiger partial charge in [0, 0.05) is 31.0 Å². The van der Waals surface area contributed by atoms with E-state index < -0.39 is 0 Å². The molecule has 1 aliphatic rings. The van der Waals surface area contributed by atoms with E-state index in [1.807, 2.05) is 25.4 Å². The molecule has 0 amide bonds. The predicted octanol–water partition coefficient (Wildman–Crippen LogP) is 2.41. The Bertz CT molecular complexity index is 503. The normalized spacial score (nSPS) is 22.7. The van der Waals surface area contributed by atoms with Gasteiger partial charge in [-0.15, -0.1) is 0 Å². The zero-order chi connectivity index (χ0) is 12.4. The number of hydrogen-bond donors (Lipinski definition) is 1. The summed E-state index contributed by atoms with van der Waals surface area (Å²) in [5, 5.41) is 7.49. The molecule has 2 aromatic rings. The molecule has 0 unspecified atom stereocenters. The van der Waals surface area contributed by atoms with Gasteiger partial charge in [0.25, 0.3) is 0 Å². The fourth-order valence-corrected chi connectivity index (χ4v) is 2.44. The van der Waals surface area contributed by atoms with Crippen LogP contribution in [0.3, 0.4) is 0 Å². The molecule has 94 valence electrons. The molecule has 1 N–H and O–H groups in total. The zero-order valence-corrected chi connectivity index (χ0v) is 10.5. The minimum atomic E-state index is 0.597. The van der Waals surface area contributed by atoms with Crippen molar-refractivity contribution in [3.05, 3.63) is 47.6 Å². The van der Waals surface area contributed by atoms with Crippen molar-refractivity contribution in [3.8, 4) is 0 Å². The van der Waals surface area contributed by atoms with Crippen LogP contribution in [0.15, 0.2) is 35.1 Å². The lowest BCUT2D eigenvalue weighted by Crippen LogP contribution is -2.39. The monoisotopic (exact) mass is 243 g/mol. The van der Waals surface area contributed by atoms with E-state index in [0.717, 1.165) is 18.0 Å². The summed E-state index contributed by atoms with van der Waals surface area (Å²) < 4.78 is 5.04. The lowest BCUT2D eigenvalue weighted by molar-refractivity contribution is 0.286. The van der Waals surface area contributed by atoms with Gasteiger partial charge in [-0.05, 0) is 43.4 Å². The Morgan fingerprint density at radius 1 is 1.33 bits per heavy atom. The van der Waals surface area contributed by atoms with Gasteiger partial charge in [0.2, 0.25) is 0 Å². The van der Waals surface area contributed by atoms with Crippen LogP contribution in [0, 0.1) is 6.92 Å². The summed E-state index contributed by atoms with van der Waals surface area (Å²) in [7, 11) is 0. The van der Waals surface area contributed by atoms with Crippen LogP contribution in [-0.2, 0) is 6.54 Å². The molecule has 0 saturated heterocycles. The Hall–Kier alpha value is -1.68. The van der Waals surface area contributed by atoms with Crippen molar-refractivity contribution in [2.75, 3.05) is 0 Å². The van der Waals surface area contributed by atoms with Crippen molar-refractivity contribution in [1.82, 2.24) is 15.5 Å². The van der Waals surface area contributed by atoms with Crippen molar-refractivity contribution >= 4 is 0 Å². The number of nitrogens with zero attached hydrogens (tertiary/aromatic N) is 2. The summed E-state index contributed by atoms with van der Waals surface area (Å²) in [6, 6.07) is 6.80. The van der Waals surface area contributed by atoms with Crippen LogP contribution in [0.4, 0.5) is 0 Å². The van der Waals surface area contributed by atoms with Crippen molar-refractivity contribution in [2.24, 2.45) is 0 Å². The third kappa shape index (κ3) is 2.43. The van der Waals surface area contributed by atoms with Gasteiger partial charge in [-0.3, -0.25) is 4.98 Å². The molecular formula is C14H17N3O. The number of nitrogens with one attached hydrogen (secondary N) is 1. The molecule has 18 heavy (non-hydrogen) atoms. The van der Waals surface area contributed by atoms with Crippen molar-refractivity contribution in [1.29, 1.82) is 0 Å². The molecule has 4 heteroatoms. The molecule has 1 saturated carbocycles. The summed E-state index contributed by atoms with van der Waals surface area (Å²) in [5.74, 6) is 1.56. The first-order valence-electron chi connectivity index (χ1n) is 6.37. The topological polar surface area (TPSA) is 51.0 Å². The van der Waals surface area contributed by atoms with Crippen molar-refractivity contribution in [2.45, 2.75) is 38.3 Å². The molecule has 2 aromatic heterocycles. The van der Waals surface area contributed by atoms with Crippen molar-refractivity contribution < 1.29 is 4.52 Å². The van der Waals surface area contributed by atoms with E-state index in [2.05, 4.69) is 27.6 Å². The highest BCUT2D eigenvalue weighted by Crippen LogP contribution is 2.36. The van der Waals surface area contributed by atoms with E-state index in [1.54, 1.807) is 0 Å². The third-order valence-corrected chi connectivity index (χ3v) is 3.56. The third-order valence-electron chi connectivity index (χ3n) is 3.56. The Morgan fingerprint density at radius 3 is 2.78 bits per heavy atom. The lowest BCUT2D eigenvalue weighted by Gasteiger charge is -2.36. The highest BCUT2D eigenvalue weighted by Gasteiger charge is 2.29. The van der Waals surface area contributed by atoms with Crippen LogP contribution < -0.4 is 5.32 Å². The SMILES string of the molecule is Cc1cc(CNC2CC(c3ccncc3)C2)no1. The fraction of sp³-hybridized carbons (Fsp3) is 0.429. The number of pyridine rings is 1. The second kappa shape index (κ2) is 4.90. The van der Waals surface area contributed by atoms with Gasteiger partial charge in [0.05, 0.1) is 5.69 Å². The van der Waals surface area contributed by atoms with Gasteiger partial charge >= 0.3 is 0 Å². The molecule has 3 rings (SSSR count). The summed E-state index contributed by atoms with van der Waals surface area (Å²) in [6.07, 6.45) is 6.13. The Balaban J connectivity index is 1.46. The van der Waals surface area contributed by atoms with Crippen LogP contribution in [0.2, 0.25) is 0 Å². The van der Waals surface area contributed by atoms with E-state index in [9.17, 15) is 0 Å². The van der Waals surface area contributed by atoms with E-state index >= 15 is 0 Å². The van der Waals surface area contributed by atoms with Gasteiger partial charge in [0.1, 0.15) is 5.76 Å². The van der Waals surface area contributed by atoms with Crippen LogP contribution >= 0.6 is 0 Å². The molecule has 0 bridgehead atoms. The first-order chi connectivity index (χ1) is 8.81. The molecule has 0 radical (unpaired) electrons. The Labute approximate surface area is 106 Å². The average molecular weight is 243 g/mol. The summed E-state index contributed by atoms with van der Waals surface area (Å²) in [6.45, 7) is 2.71. The van der Waals surface area contributed by atoms with Crippen LogP contribution in [0.25, 0.3) is 0 Å². The maximum absolute atomic E-state index is 5.04. The van der Waals surface area contributed by atoms with Gasteiger partial charge in [-0.2, -0.15) is 0 Å². The maximum Gasteiger partial charge on any atom is 0.133 e. The van der Waals surface area contributed by atoms with Crippen LogP contribution in [0.1, 0.15) is 35.8 Å². The van der Waals surface area contributed by atoms with E-state index in [4.69, 9.17) is 4.52 Å². The molecule has 0 atom stereocenters. The summed E-state index contributed by atoms with van der Waals surface area (Å²) >= 11 is 0. The molecule has 0 spiro atoms. The van der Waals surface area contributed by atoms with Gasteiger partial charge in [-0.25, -0.2) is 0 Å². The minimum Gasteiger partial charge on any atom is -0.361 e. The second-order valence-electron chi connectivity index (χ2n) is 4.96. The first-order valence-corrected chi connectivity index (χ1v) is 6.37. The quantitative estimate of drug-likeness (QED) is 0.896. The largest absolute Gasteiger partial charge is 0.361 e. The van der Waals surface area contributed by atoms with E-state index in [-0.39, 0.29) is 0 Å². The molecular weight excluding hydrogens is 226 g/mol. The minimum absolute atomic E-state index is 0.597. The summed E-state index contributed by atoms with van der Waals surface area (Å²) in [5.41, 5.74) is 2.39. The molecule has 0 aromatic carbocycles. The highest BCUT2D eigenvalue weighted by atomic mass is 16.5. The zero-order valence-electron chi connectivity index (χ0n) is 10.5. The lowest BCUT2D eigenvalue weighted by atomic mass is 9.76. The van der Waals surface area contributed by atoms with E-state index in [0.29, 0.717) is 12.0 Å². The molecule has 1 fully saturated rings. The molecule has 2 heterocycles. The maximum atomic E-state index is 5.04. The fourth-order valence-electron chi connectivity index (χ4n) is 2.44. The number of aryl methyl sites for hydroxylation is 1. The molecule has 1 aliphatic carbocycles. The smallest absolute Gasteiger partial charge is 0.133 e. The second-order valence-corrected chi connectivity index (χ2v) is 4.96. The average Bonchev–Trinajstić information content (AvgIpc) is 2.74. The van der Waals surface area contributed by atoms with Gasteiger partial charge in [-0.1, -0.05) is 5.16 Å². The number of hydrogen-bond acceptors (Lipinski definition) is 4. The van der Waals surface area contributed by atoms with Gasteiger partial charge < -0.3 is 9.84 Å². The van der Waals surface area contributed by atoms with Crippen molar-refractivity contribution in [3.63, 3.8) is 0 Å². The summed E-state index contributed by atoms with van der Waals surface area (Å²) in [4.78, 5) is 4.05. The molecule has 0 aliphatic heterocycles. The predicted molar refractivity (Wildman–Crippen MR) is 68.1 cm³/mol. The Kier molecular flexibility index (Phi) is 3.11. The highest BCUT2D eigenvalue weighted by molar-refractivity contribution is 5.20. The van der Waals surface area contributed by atoms with Crippen LogP contribution in [0.5, 0.6) is 0 Å². The number of rotatable bonds is 4. The Morgan fingerprint density at radius 2 is 2.11 bits per heavy atom. The van der Waals surface area contributed by atoms with Gasteiger partial charge in [0.15, 0.2) is 0 Å².